The fraction of sp³-hybridized carbons (Fsp3) is 0.533. The monoisotopic (exact) mass is 281 g/mol. The minimum atomic E-state index is 0.0520. The normalized spacial score (nSPS) is 19.2. The zero-order chi connectivity index (χ0) is 13.8. The SMILES string of the molecule is CC(C)OCC(=O)N1CCCC1c1ccccc1Cl. The maximum absolute atomic E-state index is 12.2. The first-order valence-corrected chi connectivity index (χ1v) is 7.13. The number of nitrogens with zero attached hydrogens (tertiary/aromatic N) is 1. The number of carbonyl (C=O) groups is 1. The maximum Gasteiger partial charge on any atom is 0.249 e. The van der Waals surface area contributed by atoms with Crippen LogP contribution in [0.3, 0.4) is 0 Å². The minimum absolute atomic E-state index is 0.0520. The molecule has 1 aromatic carbocycles. The molecule has 0 radical (unpaired) electrons. The lowest BCUT2D eigenvalue weighted by Gasteiger charge is -2.26. The van der Waals surface area contributed by atoms with Gasteiger partial charge in [0.05, 0.1) is 12.1 Å². The van der Waals surface area contributed by atoms with Crippen LogP contribution in [0.5, 0.6) is 0 Å². The van der Waals surface area contributed by atoms with Crippen LogP contribution in [0, 0.1) is 0 Å². The highest BCUT2D eigenvalue weighted by molar-refractivity contribution is 6.31. The van der Waals surface area contributed by atoms with Crippen molar-refractivity contribution in [1.29, 1.82) is 0 Å². The maximum atomic E-state index is 12.2. The smallest absolute Gasteiger partial charge is 0.249 e. The Morgan fingerprint density at radius 3 is 2.89 bits per heavy atom. The molecule has 1 fully saturated rings. The van der Waals surface area contributed by atoms with Gasteiger partial charge in [-0.3, -0.25) is 4.79 Å². The van der Waals surface area contributed by atoms with Gasteiger partial charge < -0.3 is 9.64 Å². The molecule has 1 aliphatic rings. The Labute approximate surface area is 119 Å². The summed E-state index contributed by atoms with van der Waals surface area (Å²) in [5.74, 6) is 0.0520. The number of halogens is 1. The summed E-state index contributed by atoms with van der Waals surface area (Å²) < 4.78 is 5.41. The van der Waals surface area contributed by atoms with Crippen molar-refractivity contribution in [2.24, 2.45) is 0 Å². The van der Waals surface area contributed by atoms with E-state index >= 15 is 0 Å². The van der Waals surface area contributed by atoms with Gasteiger partial charge in [-0.2, -0.15) is 0 Å². The summed E-state index contributed by atoms with van der Waals surface area (Å²) in [6.07, 6.45) is 2.06. The number of hydrogen-bond acceptors (Lipinski definition) is 2. The summed E-state index contributed by atoms with van der Waals surface area (Å²) in [7, 11) is 0. The lowest BCUT2D eigenvalue weighted by atomic mass is 10.0. The highest BCUT2D eigenvalue weighted by atomic mass is 35.5. The standard InChI is InChI=1S/C15H20ClNO2/c1-11(2)19-10-15(18)17-9-5-8-14(17)12-6-3-4-7-13(12)16/h3-4,6-7,11,14H,5,8-10H2,1-2H3. The van der Waals surface area contributed by atoms with E-state index < -0.39 is 0 Å². The van der Waals surface area contributed by atoms with E-state index in [-0.39, 0.29) is 24.7 Å². The summed E-state index contributed by atoms with van der Waals surface area (Å²) >= 11 is 6.23. The number of benzene rings is 1. The Balaban J connectivity index is 2.09. The van der Waals surface area contributed by atoms with Crippen molar-refractivity contribution >= 4 is 17.5 Å². The van der Waals surface area contributed by atoms with Crippen molar-refractivity contribution in [3.8, 4) is 0 Å². The molecule has 104 valence electrons. The minimum Gasteiger partial charge on any atom is -0.369 e. The largest absolute Gasteiger partial charge is 0.369 e. The van der Waals surface area contributed by atoms with E-state index in [2.05, 4.69) is 0 Å². The van der Waals surface area contributed by atoms with E-state index in [0.717, 1.165) is 30.0 Å². The molecular weight excluding hydrogens is 262 g/mol. The van der Waals surface area contributed by atoms with Crippen LogP contribution in [-0.2, 0) is 9.53 Å². The number of hydrogen-bond donors (Lipinski definition) is 0. The molecule has 1 saturated heterocycles. The Morgan fingerprint density at radius 1 is 1.47 bits per heavy atom. The average Bonchev–Trinajstić information content (AvgIpc) is 2.85. The Morgan fingerprint density at radius 2 is 2.21 bits per heavy atom. The van der Waals surface area contributed by atoms with Crippen molar-refractivity contribution in [2.75, 3.05) is 13.2 Å². The molecule has 0 aliphatic carbocycles. The van der Waals surface area contributed by atoms with E-state index in [1.54, 1.807) is 0 Å². The molecule has 0 spiro atoms. The fourth-order valence-corrected chi connectivity index (χ4v) is 2.72. The third-order valence-corrected chi connectivity index (χ3v) is 3.72. The molecule has 0 N–H and O–H groups in total. The Kier molecular flexibility index (Phi) is 4.83. The Bertz CT molecular complexity index is 448. The molecule has 1 heterocycles. The lowest BCUT2D eigenvalue weighted by molar-refractivity contribution is -0.138. The summed E-state index contributed by atoms with van der Waals surface area (Å²) in [4.78, 5) is 14.1. The molecule has 1 atom stereocenters. The second-order valence-electron chi connectivity index (χ2n) is 5.13. The second-order valence-corrected chi connectivity index (χ2v) is 5.53. The zero-order valence-corrected chi connectivity index (χ0v) is 12.2. The van der Waals surface area contributed by atoms with Crippen LogP contribution in [0.4, 0.5) is 0 Å². The summed E-state index contributed by atoms with van der Waals surface area (Å²) in [5, 5.41) is 0.733. The summed E-state index contributed by atoms with van der Waals surface area (Å²) in [5.41, 5.74) is 1.04. The van der Waals surface area contributed by atoms with Gasteiger partial charge >= 0.3 is 0 Å². The molecule has 0 aromatic heterocycles. The van der Waals surface area contributed by atoms with Crippen molar-refractivity contribution in [3.63, 3.8) is 0 Å². The second kappa shape index (κ2) is 6.40. The molecule has 1 unspecified atom stereocenters. The molecule has 2 rings (SSSR count). The van der Waals surface area contributed by atoms with E-state index in [0.29, 0.717) is 0 Å². The van der Waals surface area contributed by atoms with Gasteiger partial charge in [-0.05, 0) is 38.3 Å². The van der Waals surface area contributed by atoms with Gasteiger partial charge in [0.25, 0.3) is 0 Å². The lowest BCUT2D eigenvalue weighted by Crippen LogP contribution is -2.34. The fourth-order valence-electron chi connectivity index (χ4n) is 2.45. The molecule has 1 aromatic rings. The van der Waals surface area contributed by atoms with Crippen LogP contribution < -0.4 is 0 Å². The third-order valence-electron chi connectivity index (χ3n) is 3.38. The van der Waals surface area contributed by atoms with Crippen molar-refractivity contribution in [3.05, 3.63) is 34.9 Å². The molecular formula is C15H20ClNO2. The highest BCUT2D eigenvalue weighted by Crippen LogP contribution is 2.35. The first-order chi connectivity index (χ1) is 9.09. The van der Waals surface area contributed by atoms with Crippen LogP contribution >= 0.6 is 11.6 Å². The molecule has 3 nitrogen and oxygen atoms in total. The van der Waals surface area contributed by atoms with Gasteiger partial charge in [-0.15, -0.1) is 0 Å². The number of rotatable bonds is 4. The van der Waals surface area contributed by atoms with Crippen molar-refractivity contribution < 1.29 is 9.53 Å². The van der Waals surface area contributed by atoms with Crippen LogP contribution in [0.2, 0.25) is 5.02 Å². The number of amides is 1. The van der Waals surface area contributed by atoms with Gasteiger partial charge in [0, 0.05) is 11.6 Å². The first kappa shape index (κ1) is 14.4. The quantitative estimate of drug-likeness (QED) is 0.846. The number of ether oxygens (including phenoxy) is 1. The van der Waals surface area contributed by atoms with Gasteiger partial charge in [0.15, 0.2) is 0 Å². The molecule has 1 aliphatic heterocycles. The van der Waals surface area contributed by atoms with Crippen LogP contribution in [0.1, 0.15) is 38.3 Å². The molecule has 19 heavy (non-hydrogen) atoms. The number of carbonyl (C=O) groups excluding carboxylic acids is 1. The predicted octanol–water partition coefficient (Wildman–Crippen LogP) is 3.43. The zero-order valence-electron chi connectivity index (χ0n) is 11.4. The summed E-state index contributed by atoms with van der Waals surface area (Å²) in [6, 6.07) is 7.85. The van der Waals surface area contributed by atoms with Crippen molar-refractivity contribution in [2.45, 2.75) is 38.8 Å². The van der Waals surface area contributed by atoms with Gasteiger partial charge in [-0.25, -0.2) is 0 Å². The van der Waals surface area contributed by atoms with E-state index in [9.17, 15) is 4.79 Å². The molecule has 1 amide bonds. The van der Waals surface area contributed by atoms with Gasteiger partial charge in [0.2, 0.25) is 5.91 Å². The molecule has 0 saturated carbocycles. The topological polar surface area (TPSA) is 29.5 Å². The van der Waals surface area contributed by atoms with Crippen LogP contribution in [-0.4, -0.2) is 30.1 Å². The molecule has 4 heteroatoms. The predicted molar refractivity (Wildman–Crippen MR) is 76.2 cm³/mol. The van der Waals surface area contributed by atoms with E-state index in [4.69, 9.17) is 16.3 Å². The van der Waals surface area contributed by atoms with Crippen LogP contribution in [0.15, 0.2) is 24.3 Å². The average molecular weight is 282 g/mol. The van der Waals surface area contributed by atoms with E-state index in [1.807, 2.05) is 43.0 Å². The Hall–Kier alpha value is -1.06. The third kappa shape index (κ3) is 3.48. The summed E-state index contributed by atoms with van der Waals surface area (Å²) in [6.45, 7) is 4.81. The van der Waals surface area contributed by atoms with Crippen molar-refractivity contribution in [1.82, 2.24) is 4.90 Å². The highest BCUT2D eigenvalue weighted by Gasteiger charge is 2.30. The van der Waals surface area contributed by atoms with Gasteiger partial charge in [-0.1, -0.05) is 29.8 Å². The molecule has 0 bridgehead atoms. The first-order valence-electron chi connectivity index (χ1n) is 6.75. The van der Waals surface area contributed by atoms with E-state index in [1.165, 1.54) is 0 Å². The van der Waals surface area contributed by atoms with Crippen LogP contribution in [0.25, 0.3) is 0 Å². The number of likely N-dealkylation sites (tertiary alicyclic amines) is 1. The van der Waals surface area contributed by atoms with Gasteiger partial charge in [0.1, 0.15) is 6.61 Å².